The summed E-state index contributed by atoms with van der Waals surface area (Å²) >= 11 is 1.49. The van der Waals surface area contributed by atoms with Gasteiger partial charge in [-0.05, 0) is 18.1 Å². The molecule has 0 aliphatic carbocycles. The fraction of sp³-hybridized carbons (Fsp3) is 0.429. The summed E-state index contributed by atoms with van der Waals surface area (Å²) in [7, 11) is 0. The number of nitrogens with two attached hydrogens (primary N) is 1. The molecule has 116 valence electrons. The molecule has 1 amide bonds. The fourth-order valence-electron chi connectivity index (χ4n) is 1.71. The molecule has 2 rings (SSSR count). The Morgan fingerprint density at radius 1 is 1.57 bits per heavy atom. The molecule has 0 radical (unpaired) electrons. The monoisotopic (exact) mass is 329 g/mol. The first-order valence-corrected chi connectivity index (χ1v) is 7.51. The zero-order chi connectivity index (χ0) is 14.5. The lowest BCUT2D eigenvalue weighted by atomic mass is 9.99. The van der Waals surface area contributed by atoms with Gasteiger partial charge in [0, 0.05) is 5.38 Å². The summed E-state index contributed by atoms with van der Waals surface area (Å²) in [6, 6.07) is 3.21. The van der Waals surface area contributed by atoms with Gasteiger partial charge in [-0.25, -0.2) is 4.98 Å². The average Bonchev–Trinajstić information content (AvgIpc) is 3.13. The third-order valence-corrected chi connectivity index (χ3v) is 4.19. The molecule has 0 saturated carbocycles. The Labute approximate surface area is 134 Å². The van der Waals surface area contributed by atoms with Crippen molar-refractivity contribution in [2.45, 2.75) is 32.9 Å². The van der Waals surface area contributed by atoms with E-state index in [4.69, 9.17) is 10.2 Å². The molecule has 0 aromatic carbocycles. The Bertz CT molecular complexity index is 556. The molecule has 0 saturated heterocycles. The minimum Gasteiger partial charge on any atom is -0.462 e. The maximum absolute atomic E-state index is 11.9. The number of nitrogens with one attached hydrogen (secondary N) is 1. The van der Waals surface area contributed by atoms with E-state index in [1.165, 1.54) is 11.3 Å². The highest BCUT2D eigenvalue weighted by Gasteiger charge is 2.19. The van der Waals surface area contributed by atoms with Gasteiger partial charge in [0.05, 0.1) is 24.5 Å². The van der Waals surface area contributed by atoms with Crippen molar-refractivity contribution in [1.29, 1.82) is 0 Å². The maximum Gasteiger partial charge on any atom is 0.237 e. The average molecular weight is 330 g/mol. The second-order valence-electron chi connectivity index (χ2n) is 4.75. The largest absolute Gasteiger partial charge is 0.462 e. The first-order valence-electron chi connectivity index (χ1n) is 6.63. The van der Waals surface area contributed by atoms with Crippen LogP contribution in [0.15, 0.2) is 28.2 Å². The van der Waals surface area contributed by atoms with Crippen LogP contribution in [0.1, 0.15) is 26.0 Å². The summed E-state index contributed by atoms with van der Waals surface area (Å²) in [5.74, 6) is 0.778. The lowest BCUT2D eigenvalue weighted by Gasteiger charge is -2.17. The van der Waals surface area contributed by atoms with Crippen molar-refractivity contribution in [3.8, 4) is 10.8 Å². The van der Waals surface area contributed by atoms with Crippen LogP contribution in [-0.2, 0) is 11.3 Å². The van der Waals surface area contributed by atoms with Crippen LogP contribution in [0.5, 0.6) is 0 Å². The molecular weight excluding hydrogens is 310 g/mol. The van der Waals surface area contributed by atoms with Crippen LogP contribution in [0, 0.1) is 5.92 Å². The number of aromatic nitrogens is 1. The summed E-state index contributed by atoms with van der Waals surface area (Å²) in [6.07, 6.45) is 2.50. The summed E-state index contributed by atoms with van der Waals surface area (Å²) < 4.78 is 5.28. The minimum atomic E-state index is -0.469. The van der Waals surface area contributed by atoms with Crippen molar-refractivity contribution < 1.29 is 9.21 Å². The quantitative estimate of drug-likeness (QED) is 0.853. The summed E-state index contributed by atoms with van der Waals surface area (Å²) in [5.41, 5.74) is 6.68. The molecule has 2 aromatic heterocycles. The Morgan fingerprint density at radius 3 is 2.95 bits per heavy atom. The predicted molar refractivity (Wildman–Crippen MR) is 86.3 cm³/mol. The van der Waals surface area contributed by atoms with Crippen LogP contribution in [0.3, 0.4) is 0 Å². The molecule has 3 N–H and O–H groups in total. The minimum absolute atomic E-state index is 0. The van der Waals surface area contributed by atoms with Crippen molar-refractivity contribution in [2.75, 3.05) is 0 Å². The predicted octanol–water partition coefficient (Wildman–Crippen LogP) is 2.81. The van der Waals surface area contributed by atoms with E-state index >= 15 is 0 Å². The van der Waals surface area contributed by atoms with Crippen LogP contribution in [0.2, 0.25) is 0 Å². The molecule has 0 spiro atoms. The van der Waals surface area contributed by atoms with Crippen molar-refractivity contribution in [3.63, 3.8) is 0 Å². The maximum atomic E-state index is 11.9. The molecule has 2 atom stereocenters. The highest BCUT2D eigenvalue weighted by molar-refractivity contribution is 7.13. The highest BCUT2D eigenvalue weighted by atomic mass is 35.5. The molecule has 0 bridgehead atoms. The topological polar surface area (TPSA) is 81.2 Å². The van der Waals surface area contributed by atoms with E-state index in [2.05, 4.69) is 10.3 Å². The van der Waals surface area contributed by atoms with Crippen molar-refractivity contribution in [1.82, 2.24) is 10.3 Å². The molecule has 2 unspecified atom stereocenters. The number of hydrogen-bond donors (Lipinski definition) is 2. The first kappa shape index (κ1) is 17.7. The Kier molecular flexibility index (Phi) is 6.87. The zero-order valence-corrected chi connectivity index (χ0v) is 13.7. The van der Waals surface area contributed by atoms with Crippen LogP contribution in [-0.4, -0.2) is 16.9 Å². The number of hydrogen-bond acceptors (Lipinski definition) is 5. The van der Waals surface area contributed by atoms with Gasteiger partial charge in [-0.2, -0.15) is 0 Å². The Balaban J connectivity index is 0.00000220. The Morgan fingerprint density at radius 2 is 2.33 bits per heavy atom. The van der Waals surface area contributed by atoms with Gasteiger partial charge in [-0.1, -0.05) is 20.3 Å². The summed E-state index contributed by atoms with van der Waals surface area (Å²) in [6.45, 7) is 4.39. The smallest absolute Gasteiger partial charge is 0.237 e. The fourth-order valence-corrected chi connectivity index (χ4v) is 2.50. The highest BCUT2D eigenvalue weighted by Crippen LogP contribution is 2.23. The van der Waals surface area contributed by atoms with Gasteiger partial charge in [-0.3, -0.25) is 4.79 Å². The number of rotatable bonds is 6. The molecule has 7 heteroatoms. The number of halogens is 1. The van der Waals surface area contributed by atoms with Gasteiger partial charge in [-0.15, -0.1) is 23.7 Å². The molecule has 0 fully saturated rings. The van der Waals surface area contributed by atoms with E-state index in [9.17, 15) is 4.79 Å². The standard InChI is InChI=1S/C14H19N3O2S.ClH/c1-3-9(2)12(15)13(18)16-7-10-8-20-14(17-10)11-5-4-6-19-11;/h4-6,8-9,12H,3,7,15H2,1-2H3,(H,16,18);1H. The van der Waals surface area contributed by atoms with Crippen LogP contribution in [0.4, 0.5) is 0 Å². The second-order valence-corrected chi connectivity index (χ2v) is 5.61. The lowest BCUT2D eigenvalue weighted by Crippen LogP contribution is -2.44. The second kappa shape index (κ2) is 8.17. The third-order valence-electron chi connectivity index (χ3n) is 3.29. The number of thiazole rings is 1. The lowest BCUT2D eigenvalue weighted by molar-refractivity contribution is -0.123. The van der Waals surface area contributed by atoms with Crippen LogP contribution in [0.25, 0.3) is 10.8 Å². The summed E-state index contributed by atoms with van der Waals surface area (Å²) in [4.78, 5) is 16.3. The van der Waals surface area contributed by atoms with Gasteiger partial charge in [0.15, 0.2) is 10.8 Å². The number of carbonyl (C=O) groups is 1. The summed E-state index contributed by atoms with van der Waals surface area (Å²) in [5, 5.41) is 5.54. The number of nitrogens with zero attached hydrogens (tertiary/aromatic N) is 1. The SMILES string of the molecule is CCC(C)C(N)C(=O)NCc1csc(-c2ccco2)n1.Cl. The first-order chi connectivity index (χ1) is 9.61. The molecule has 0 aliphatic rings. The number of carbonyl (C=O) groups excluding carboxylic acids is 1. The van der Waals surface area contributed by atoms with Crippen molar-refractivity contribution in [3.05, 3.63) is 29.5 Å². The third kappa shape index (κ3) is 4.56. The number of furan rings is 1. The van der Waals surface area contributed by atoms with Crippen LogP contribution < -0.4 is 11.1 Å². The van der Waals surface area contributed by atoms with E-state index < -0.39 is 6.04 Å². The molecule has 2 aromatic rings. The molecule has 5 nitrogen and oxygen atoms in total. The van der Waals surface area contributed by atoms with Crippen molar-refractivity contribution >= 4 is 29.7 Å². The molecule has 21 heavy (non-hydrogen) atoms. The van der Waals surface area contributed by atoms with Crippen LogP contribution >= 0.6 is 23.7 Å². The number of amides is 1. The van der Waals surface area contributed by atoms with Gasteiger partial charge in [0.2, 0.25) is 5.91 Å². The Hall–Kier alpha value is -1.37. The normalized spacial score (nSPS) is 13.3. The van der Waals surface area contributed by atoms with Crippen molar-refractivity contribution in [2.24, 2.45) is 11.7 Å². The van der Waals surface area contributed by atoms with E-state index in [1.807, 2.05) is 31.4 Å². The van der Waals surface area contributed by atoms with E-state index in [1.54, 1.807) is 6.26 Å². The van der Waals surface area contributed by atoms with Gasteiger partial charge in [0.25, 0.3) is 0 Å². The van der Waals surface area contributed by atoms with Gasteiger partial charge >= 0.3 is 0 Å². The van der Waals surface area contributed by atoms with E-state index in [0.717, 1.165) is 22.9 Å². The van der Waals surface area contributed by atoms with Gasteiger partial charge < -0.3 is 15.5 Å². The zero-order valence-electron chi connectivity index (χ0n) is 12.0. The molecule has 2 heterocycles. The van der Waals surface area contributed by atoms with E-state index in [-0.39, 0.29) is 24.2 Å². The van der Waals surface area contributed by atoms with Gasteiger partial charge in [0.1, 0.15) is 0 Å². The molecular formula is C14H20ClN3O2S. The molecule has 0 aliphatic heterocycles. The van der Waals surface area contributed by atoms with E-state index in [0.29, 0.717) is 6.54 Å².